The predicted octanol–water partition coefficient (Wildman–Crippen LogP) is 4.24. The first kappa shape index (κ1) is 22.7. The third-order valence-corrected chi connectivity index (χ3v) is 9.68. The summed E-state index contributed by atoms with van der Waals surface area (Å²) in [6.45, 7) is 5.62. The Morgan fingerprint density at radius 2 is 1.68 bits per heavy atom. The van der Waals surface area contributed by atoms with Crippen LogP contribution >= 0.6 is 23.1 Å². The lowest BCUT2D eigenvalue weighted by Crippen LogP contribution is -2.54. The molecule has 7 rings (SSSR count). The molecule has 1 saturated heterocycles. The topological polar surface area (TPSA) is 61.4 Å². The van der Waals surface area contributed by atoms with Crippen molar-refractivity contribution in [2.24, 2.45) is 23.2 Å². The number of piperazine rings is 1. The van der Waals surface area contributed by atoms with E-state index in [0.717, 1.165) is 98.7 Å². The minimum atomic E-state index is -0.0327. The molecule has 182 valence electrons. The van der Waals surface area contributed by atoms with E-state index in [0.29, 0.717) is 5.91 Å². The lowest BCUT2D eigenvalue weighted by Gasteiger charge is -2.55. The summed E-state index contributed by atoms with van der Waals surface area (Å²) in [4.78, 5) is 22.7. The van der Waals surface area contributed by atoms with E-state index in [-0.39, 0.29) is 5.41 Å². The van der Waals surface area contributed by atoms with E-state index < -0.39 is 0 Å². The fourth-order valence-electron chi connectivity index (χ4n) is 7.30. The van der Waals surface area contributed by atoms with Crippen molar-refractivity contribution >= 4 is 34.2 Å². The molecule has 2 aromatic rings. The van der Waals surface area contributed by atoms with Gasteiger partial charge in [0, 0.05) is 67.7 Å². The Balaban J connectivity index is 0.948. The molecule has 4 aliphatic carbocycles. The van der Waals surface area contributed by atoms with Crippen molar-refractivity contribution in [3.05, 3.63) is 40.7 Å². The lowest BCUT2D eigenvalue weighted by atomic mass is 9.49. The van der Waals surface area contributed by atoms with Gasteiger partial charge in [-0.3, -0.25) is 9.69 Å². The van der Waals surface area contributed by atoms with E-state index in [9.17, 15) is 4.79 Å². The molecule has 0 unspecified atom stereocenters. The van der Waals surface area contributed by atoms with Crippen LogP contribution in [0, 0.1) is 23.2 Å². The Kier molecular flexibility index (Phi) is 6.29. The smallest absolute Gasteiger partial charge is 0.226 e. The van der Waals surface area contributed by atoms with Gasteiger partial charge in [-0.2, -0.15) is 4.37 Å². The molecule has 0 radical (unpaired) electrons. The first-order chi connectivity index (χ1) is 16.5. The Morgan fingerprint density at radius 3 is 2.32 bits per heavy atom. The number of nitrogens with one attached hydrogen (secondary N) is 1. The van der Waals surface area contributed by atoms with Gasteiger partial charge < -0.3 is 10.2 Å². The summed E-state index contributed by atoms with van der Waals surface area (Å²) in [5.41, 5.74) is 1.14. The molecule has 1 aliphatic heterocycles. The number of carbonyl (C=O) groups excluding carboxylic acids is 1. The van der Waals surface area contributed by atoms with E-state index in [1.54, 1.807) is 0 Å². The molecule has 0 atom stereocenters. The molecular weight excluding hydrogens is 466 g/mol. The lowest BCUT2D eigenvalue weighted by molar-refractivity contribution is -0.146. The fraction of sp³-hybridized carbons (Fsp3) is 0.654. The highest BCUT2D eigenvalue weighted by Crippen LogP contribution is 2.60. The summed E-state index contributed by atoms with van der Waals surface area (Å²) < 4.78 is 4.57. The van der Waals surface area contributed by atoms with Crippen LogP contribution in [0.2, 0.25) is 5.02 Å². The van der Waals surface area contributed by atoms with Crippen LogP contribution in [0.3, 0.4) is 0 Å². The van der Waals surface area contributed by atoms with Crippen LogP contribution in [-0.2, 0) is 11.2 Å². The zero-order valence-electron chi connectivity index (χ0n) is 19.7. The molecule has 1 N–H and O–H groups in total. The van der Waals surface area contributed by atoms with Crippen molar-refractivity contribution in [2.45, 2.75) is 44.9 Å². The fourth-order valence-corrected chi connectivity index (χ4v) is 8.16. The predicted molar refractivity (Wildman–Crippen MR) is 136 cm³/mol. The zero-order chi connectivity index (χ0) is 23.1. The van der Waals surface area contributed by atoms with Crippen LogP contribution in [0.4, 0.5) is 5.13 Å². The summed E-state index contributed by atoms with van der Waals surface area (Å²) in [6, 6.07) is 7.89. The van der Waals surface area contributed by atoms with Crippen LogP contribution < -0.4 is 10.2 Å². The first-order valence-corrected chi connectivity index (χ1v) is 14.0. The summed E-state index contributed by atoms with van der Waals surface area (Å²) in [5.74, 6) is 3.68. The number of amides is 1. The van der Waals surface area contributed by atoms with Gasteiger partial charge in [-0.1, -0.05) is 23.7 Å². The third-order valence-electron chi connectivity index (χ3n) is 8.61. The van der Waals surface area contributed by atoms with Gasteiger partial charge in [0.2, 0.25) is 11.0 Å². The van der Waals surface area contributed by atoms with Gasteiger partial charge in [-0.05, 0) is 74.0 Å². The first-order valence-electron chi connectivity index (χ1n) is 12.9. The van der Waals surface area contributed by atoms with Crippen LogP contribution in [0.25, 0.3) is 0 Å². The largest absolute Gasteiger partial charge is 0.354 e. The van der Waals surface area contributed by atoms with Crippen LogP contribution in [-0.4, -0.2) is 59.4 Å². The van der Waals surface area contributed by atoms with Gasteiger partial charge in [0.05, 0.1) is 0 Å². The van der Waals surface area contributed by atoms with E-state index in [1.807, 2.05) is 24.3 Å². The van der Waals surface area contributed by atoms with Crippen molar-refractivity contribution < 1.29 is 4.79 Å². The summed E-state index contributed by atoms with van der Waals surface area (Å²) >= 11 is 7.47. The van der Waals surface area contributed by atoms with Crippen molar-refractivity contribution in [2.75, 3.05) is 44.2 Å². The van der Waals surface area contributed by atoms with E-state index in [1.165, 1.54) is 36.4 Å². The van der Waals surface area contributed by atoms with Gasteiger partial charge in [0.25, 0.3) is 0 Å². The number of benzene rings is 1. The van der Waals surface area contributed by atoms with Crippen LogP contribution in [0.1, 0.15) is 49.9 Å². The maximum atomic E-state index is 13.2. The van der Waals surface area contributed by atoms with Gasteiger partial charge in [0.1, 0.15) is 5.82 Å². The number of anilines is 1. The summed E-state index contributed by atoms with van der Waals surface area (Å²) in [7, 11) is 0. The SMILES string of the molecule is O=C(NCCN1CCN(c2nc(Cc3ccc(Cl)cc3)ns2)CC1)C12CC3CC(CC(C3)C1)C2. The standard InChI is InChI=1S/C26H34ClN5OS/c27-22-3-1-18(2-4-22)14-23-29-25(34-30-23)32-9-7-31(8-10-32)6-5-28-24(33)26-15-19-11-20(16-26)13-21(12-19)17-26/h1-4,19-21H,5-17H2,(H,28,33). The number of nitrogens with zero attached hydrogens (tertiary/aromatic N) is 4. The Labute approximate surface area is 211 Å². The number of rotatable bonds is 7. The van der Waals surface area contributed by atoms with E-state index in [2.05, 4.69) is 19.5 Å². The average Bonchev–Trinajstić information content (AvgIpc) is 3.28. The molecule has 8 heteroatoms. The second-order valence-corrected chi connectivity index (χ2v) is 12.2. The third kappa shape index (κ3) is 4.71. The Bertz CT molecular complexity index is 981. The maximum absolute atomic E-state index is 13.2. The summed E-state index contributed by atoms with van der Waals surface area (Å²) in [6.07, 6.45) is 8.31. The normalized spacial score (nSPS) is 30.6. The van der Waals surface area contributed by atoms with Crippen molar-refractivity contribution in [3.8, 4) is 0 Å². The molecule has 5 aliphatic rings. The molecule has 34 heavy (non-hydrogen) atoms. The quantitative estimate of drug-likeness (QED) is 0.617. The van der Waals surface area contributed by atoms with Crippen molar-refractivity contribution in [1.82, 2.24) is 19.6 Å². The second kappa shape index (κ2) is 9.40. The molecule has 6 nitrogen and oxygen atoms in total. The summed E-state index contributed by atoms with van der Waals surface area (Å²) in [5, 5.41) is 5.10. The minimum absolute atomic E-state index is 0.0327. The minimum Gasteiger partial charge on any atom is -0.354 e. The van der Waals surface area contributed by atoms with Gasteiger partial charge in [-0.15, -0.1) is 0 Å². The number of aromatic nitrogens is 2. The molecule has 1 amide bonds. The second-order valence-electron chi connectivity index (χ2n) is 11.1. The van der Waals surface area contributed by atoms with E-state index in [4.69, 9.17) is 16.6 Å². The highest BCUT2D eigenvalue weighted by molar-refractivity contribution is 7.09. The maximum Gasteiger partial charge on any atom is 0.226 e. The van der Waals surface area contributed by atoms with Gasteiger partial charge >= 0.3 is 0 Å². The Morgan fingerprint density at radius 1 is 1.03 bits per heavy atom. The zero-order valence-corrected chi connectivity index (χ0v) is 21.3. The number of hydrogen-bond donors (Lipinski definition) is 1. The van der Waals surface area contributed by atoms with Gasteiger partial charge in [-0.25, -0.2) is 4.98 Å². The van der Waals surface area contributed by atoms with Crippen molar-refractivity contribution in [1.29, 1.82) is 0 Å². The molecule has 5 fully saturated rings. The highest BCUT2D eigenvalue weighted by Gasteiger charge is 2.54. The Hall–Kier alpha value is -1.70. The van der Waals surface area contributed by atoms with E-state index >= 15 is 0 Å². The molecular formula is C26H34ClN5OS. The number of halogens is 1. The molecule has 1 aromatic heterocycles. The monoisotopic (exact) mass is 499 g/mol. The number of hydrogen-bond acceptors (Lipinski definition) is 6. The molecule has 0 spiro atoms. The van der Waals surface area contributed by atoms with Crippen molar-refractivity contribution in [3.63, 3.8) is 0 Å². The van der Waals surface area contributed by atoms with Gasteiger partial charge in [0.15, 0.2) is 0 Å². The highest BCUT2D eigenvalue weighted by atomic mass is 35.5. The average molecular weight is 500 g/mol. The number of carbonyl (C=O) groups is 1. The molecule has 2 heterocycles. The molecule has 4 saturated carbocycles. The molecule has 1 aromatic carbocycles. The van der Waals surface area contributed by atoms with Crippen LogP contribution in [0.15, 0.2) is 24.3 Å². The molecule has 4 bridgehead atoms. The van der Waals surface area contributed by atoms with Crippen LogP contribution in [0.5, 0.6) is 0 Å².